The number of carbonyl (C=O) groups excluding carboxylic acids is 2. The van der Waals surface area contributed by atoms with Crippen molar-refractivity contribution in [2.24, 2.45) is 4.99 Å². The van der Waals surface area contributed by atoms with Gasteiger partial charge < -0.3 is 10.3 Å². The average molecular weight is 428 g/mol. The second-order valence-corrected chi connectivity index (χ2v) is 7.26. The number of benzene rings is 2. The summed E-state index contributed by atoms with van der Waals surface area (Å²) in [5, 5.41) is 2.68. The summed E-state index contributed by atoms with van der Waals surface area (Å²) in [5.74, 6) is -2.45. The van der Waals surface area contributed by atoms with E-state index in [1.54, 1.807) is 41.8 Å². The fourth-order valence-electron chi connectivity index (χ4n) is 3.74. The van der Waals surface area contributed by atoms with Gasteiger partial charge in [0.15, 0.2) is 0 Å². The number of amides is 2. The van der Waals surface area contributed by atoms with Crippen LogP contribution in [-0.2, 0) is 16.0 Å². The van der Waals surface area contributed by atoms with E-state index in [4.69, 9.17) is 0 Å². The topological polar surface area (TPSA) is 77.6 Å². The van der Waals surface area contributed by atoms with Crippen molar-refractivity contribution >= 4 is 28.6 Å². The number of aromatic amines is 1. The van der Waals surface area contributed by atoms with Crippen LogP contribution >= 0.6 is 0 Å². The van der Waals surface area contributed by atoms with E-state index in [-0.39, 0.29) is 12.4 Å². The molecule has 2 N–H and O–H groups in total. The summed E-state index contributed by atoms with van der Waals surface area (Å²) < 4.78 is 42.1. The largest absolute Gasteiger partial charge is 0.442 e. The number of para-hydroxylation sites is 1. The number of carbonyl (C=O) groups is 2. The zero-order valence-electron chi connectivity index (χ0n) is 16.5. The third kappa shape index (κ3) is 3.56. The summed E-state index contributed by atoms with van der Waals surface area (Å²) in [6.07, 6.45) is -3.03. The molecule has 0 fully saturated rings. The second kappa shape index (κ2) is 7.57. The maximum atomic E-state index is 14.0. The lowest BCUT2D eigenvalue weighted by Gasteiger charge is -2.28. The molecule has 1 aromatic heterocycles. The number of nitrogens with zero attached hydrogens (tertiary/aromatic N) is 2. The van der Waals surface area contributed by atoms with Gasteiger partial charge in [-0.2, -0.15) is 13.2 Å². The van der Waals surface area contributed by atoms with Crippen LogP contribution in [0.2, 0.25) is 0 Å². The van der Waals surface area contributed by atoms with Crippen LogP contribution in [0.5, 0.6) is 0 Å². The Hall–Kier alpha value is -3.62. The van der Waals surface area contributed by atoms with Crippen LogP contribution in [0, 0.1) is 0 Å². The van der Waals surface area contributed by atoms with Crippen molar-refractivity contribution in [3.8, 4) is 0 Å². The highest BCUT2D eigenvalue weighted by Gasteiger charge is 2.66. The van der Waals surface area contributed by atoms with Crippen molar-refractivity contribution < 1.29 is 22.8 Å². The molecule has 1 atom stereocenters. The van der Waals surface area contributed by atoms with Gasteiger partial charge in [-0.1, -0.05) is 48.5 Å². The molecule has 6 nitrogen and oxygen atoms in total. The number of H-pyrrole nitrogens is 1. The standard InChI is InChI=1S/C22H19F3N4O2/c1-14(30)27-21(22(23,24)25)20(31)29(19(28-21)15-7-3-2-4-8-15)12-11-16-13-26-18-10-6-5-9-17(16)18/h2-10,13,26H,11-12H2,1H3,(H,27,30). The monoisotopic (exact) mass is 428 g/mol. The van der Waals surface area contributed by atoms with E-state index in [9.17, 15) is 22.8 Å². The Morgan fingerprint density at radius 2 is 1.81 bits per heavy atom. The molecule has 0 saturated heterocycles. The molecule has 0 saturated carbocycles. The Morgan fingerprint density at radius 1 is 1.13 bits per heavy atom. The maximum Gasteiger partial charge on any atom is 0.442 e. The highest BCUT2D eigenvalue weighted by atomic mass is 19.4. The minimum atomic E-state index is -5.11. The van der Waals surface area contributed by atoms with Gasteiger partial charge in [-0.05, 0) is 18.1 Å². The quantitative estimate of drug-likeness (QED) is 0.654. The maximum absolute atomic E-state index is 14.0. The number of alkyl halides is 3. The average Bonchev–Trinajstić information content (AvgIpc) is 3.26. The van der Waals surface area contributed by atoms with Crippen molar-refractivity contribution in [2.45, 2.75) is 25.2 Å². The first-order chi connectivity index (χ1) is 14.7. The molecule has 2 amide bonds. The van der Waals surface area contributed by atoms with Crippen LogP contribution in [0.4, 0.5) is 13.2 Å². The number of rotatable bonds is 5. The zero-order valence-corrected chi connectivity index (χ0v) is 16.5. The fourth-order valence-corrected chi connectivity index (χ4v) is 3.74. The molecule has 3 aromatic rings. The Labute approximate surface area is 175 Å². The van der Waals surface area contributed by atoms with E-state index in [1.165, 1.54) is 0 Å². The first-order valence-electron chi connectivity index (χ1n) is 9.60. The fraction of sp³-hybridized carbons (Fsp3) is 0.227. The Balaban J connectivity index is 1.73. The number of fused-ring (bicyclic) bond motifs is 1. The number of aliphatic imine (C=N–C) groups is 1. The molecular weight excluding hydrogens is 409 g/mol. The molecule has 2 aromatic carbocycles. The van der Waals surface area contributed by atoms with Crippen LogP contribution in [0.1, 0.15) is 18.1 Å². The summed E-state index contributed by atoms with van der Waals surface area (Å²) in [5.41, 5.74) is -1.24. The molecular formula is C22H19F3N4O2. The summed E-state index contributed by atoms with van der Waals surface area (Å²) in [6.45, 7) is 0.888. The van der Waals surface area contributed by atoms with Gasteiger partial charge in [-0.25, -0.2) is 4.99 Å². The predicted molar refractivity (Wildman–Crippen MR) is 109 cm³/mol. The first-order valence-corrected chi connectivity index (χ1v) is 9.60. The van der Waals surface area contributed by atoms with Crippen LogP contribution < -0.4 is 5.32 Å². The molecule has 9 heteroatoms. The normalized spacial score (nSPS) is 19.0. The lowest BCUT2D eigenvalue weighted by molar-refractivity contribution is -0.199. The van der Waals surface area contributed by atoms with Crippen molar-refractivity contribution in [2.75, 3.05) is 6.54 Å². The summed E-state index contributed by atoms with van der Waals surface area (Å²) >= 11 is 0. The van der Waals surface area contributed by atoms with Gasteiger partial charge in [0.25, 0.3) is 5.91 Å². The predicted octanol–water partition coefficient (Wildman–Crippen LogP) is 3.39. The van der Waals surface area contributed by atoms with Crippen LogP contribution in [0.25, 0.3) is 10.9 Å². The van der Waals surface area contributed by atoms with Crippen molar-refractivity contribution in [1.82, 2.24) is 15.2 Å². The minimum Gasteiger partial charge on any atom is -0.361 e. The summed E-state index contributed by atoms with van der Waals surface area (Å²) in [7, 11) is 0. The van der Waals surface area contributed by atoms with E-state index in [0.717, 1.165) is 28.3 Å². The van der Waals surface area contributed by atoms with Crippen LogP contribution in [-0.4, -0.2) is 45.9 Å². The molecule has 31 heavy (non-hydrogen) atoms. The number of hydrogen-bond acceptors (Lipinski definition) is 3. The third-order valence-corrected chi connectivity index (χ3v) is 5.16. The molecule has 160 valence electrons. The van der Waals surface area contributed by atoms with E-state index >= 15 is 0 Å². The van der Waals surface area contributed by atoms with Gasteiger partial charge in [0.2, 0.25) is 5.91 Å². The van der Waals surface area contributed by atoms with E-state index in [0.29, 0.717) is 12.0 Å². The van der Waals surface area contributed by atoms with Gasteiger partial charge in [-0.15, -0.1) is 0 Å². The van der Waals surface area contributed by atoms with Gasteiger partial charge in [-0.3, -0.25) is 14.5 Å². The van der Waals surface area contributed by atoms with Gasteiger partial charge in [0.05, 0.1) is 0 Å². The number of amidine groups is 1. The van der Waals surface area contributed by atoms with Gasteiger partial charge in [0, 0.05) is 36.1 Å². The number of aromatic nitrogens is 1. The van der Waals surface area contributed by atoms with E-state index in [1.807, 2.05) is 24.3 Å². The first kappa shape index (κ1) is 20.6. The Kier molecular flexibility index (Phi) is 5.04. The molecule has 0 bridgehead atoms. The lowest BCUT2D eigenvalue weighted by atomic mass is 10.1. The van der Waals surface area contributed by atoms with E-state index < -0.39 is 23.7 Å². The van der Waals surface area contributed by atoms with Gasteiger partial charge in [0.1, 0.15) is 5.84 Å². The summed E-state index contributed by atoms with van der Waals surface area (Å²) in [4.78, 5) is 32.5. The lowest BCUT2D eigenvalue weighted by Crippen LogP contribution is -2.63. The molecule has 4 rings (SSSR count). The van der Waals surface area contributed by atoms with Crippen molar-refractivity contribution in [1.29, 1.82) is 0 Å². The highest BCUT2D eigenvalue weighted by molar-refractivity contribution is 6.16. The van der Waals surface area contributed by atoms with Gasteiger partial charge >= 0.3 is 11.8 Å². The number of nitrogens with one attached hydrogen (secondary N) is 2. The highest BCUT2D eigenvalue weighted by Crippen LogP contribution is 2.38. The molecule has 1 unspecified atom stereocenters. The van der Waals surface area contributed by atoms with Crippen molar-refractivity contribution in [3.05, 3.63) is 71.9 Å². The Bertz CT molecular complexity index is 1170. The van der Waals surface area contributed by atoms with E-state index in [2.05, 4.69) is 9.98 Å². The van der Waals surface area contributed by atoms with Crippen LogP contribution in [0.3, 0.4) is 0 Å². The molecule has 0 aliphatic carbocycles. The smallest absolute Gasteiger partial charge is 0.361 e. The zero-order chi connectivity index (χ0) is 22.2. The molecule has 2 heterocycles. The Morgan fingerprint density at radius 3 is 2.48 bits per heavy atom. The number of hydrogen-bond donors (Lipinski definition) is 2. The van der Waals surface area contributed by atoms with Crippen LogP contribution in [0.15, 0.2) is 65.8 Å². The minimum absolute atomic E-state index is 0.0359. The molecule has 0 radical (unpaired) electrons. The summed E-state index contributed by atoms with van der Waals surface area (Å²) in [6, 6.07) is 15.7. The molecule has 0 spiro atoms. The molecule has 1 aliphatic rings. The second-order valence-electron chi connectivity index (χ2n) is 7.26. The molecule has 1 aliphatic heterocycles. The third-order valence-electron chi connectivity index (χ3n) is 5.16. The van der Waals surface area contributed by atoms with Crippen molar-refractivity contribution in [3.63, 3.8) is 0 Å². The number of halogens is 3. The SMILES string of the molecule is CC(=O)NC1(C(F)(F)F)N=C(c2ccccc2)N(CCc2c[nH]c3ccccc23)C1=O.